The van der Waals surface area contributed by atoms with Gasteiger partial charge in [0.25, 0.3) is 0 Å². The largest absolute Gasteiger partial charge is 0.203 e. The van der Waals surface area contributed by atoms with Crippen LogP contribution in [0.25, 0.3) is 32.7 Å². The van der Waals surface area contributed by atoms with E-state index in [9.17, 15) is 22.0 Å². The van der Waals surface area contributed by atoms with Gasteiger partial charge in [-0.1, -0.05) is 66.7 Å². The van der Waals surface area contributed by atoms with Gasteiger partial charge in [-0.05, 0) is 79.6 Å². The average Bonchev–Trinajstić information content (AvgIpc) is 3.04. The Morgan fingerprint density at radius 2 is 1.17 bits per heavy atom. The van der Waals surface area contributed by atoms with Gasteiger partial charge in [0, 0.05) is 11.5 Å². The van der Waals surface area contributed by atoms with E-state index in [0.29, 0.717) is 24.8 Å². The van der Waals surface area contributed by atoms with Crippen molar-refractivity contribution in [1.82, 2.24) is 20.6 Å². The van der Waals surface area contributed by atoms with E-state index in [-0.39, 0.29) is 0 Å². The first-order chi connectivity index (χ1) is 20.0. The van der Waals surface area contributed by atoms with Crippen molar-refractivity contribution < 1.29 is 22.0 Å². The Morgan fingerprint density at radius 1 is 0.585 bits per heavy atom. The second-order valence-electron chi connectivity index (χ2n) is 9.70. The Labute approximate surface area is 231 Å². The Balaban J connectivity index is 0.000000449. The van der Waals surface area contributed by atoms with E-state index in [2.05, 4.69) is 32.8 Å². The van der Waals surface area contributed by atoms with Gasteiger partial charge in [0.2, 0.25) is 5.82 Å². The molecule has 6 aromatic rings. The molecule has 1 heterocycles. The highest BCUT2D eigenvalue weighted by Gasteiger charge is 2.34. The first-order valence-electron chi connectivity index (χ1n) is 13.0. The SMILES string of the molecule is Fc1c(F)c(F)c(C2CCCc3c2ccc2c3cc(-c3ccccc3)c3ccccc32)c(F)c1F.c1cnnnn1. The fourth-order valence-electron chi connectivity index (χ4n) is 5.75. The fraction of sp³-hybridized carbons (Fsp3) is 0.125. The van der Waals surface area contributed by atoms with Crippen LogP contribution in [-0.4, -0.2) is 20.6 Å². The predicted octanol–water partition coefficient (Wildman–Crippen LogP) is 8.09. The minimum absolute atomic E-state index is 0.302. The molecular weight excluding hydrogens is 535 g/mol. The molecule has 4 nitrogen and oxygen atoms in total. The van der Waals surface area contributed by atoms with Crippen molar-refractivity contribution in [2.75, 3.05) is 0 Å². The summed E-state index contributed by atoms with van der Waals surface area (Å²) in [6.45, 7) is 0. The normalized spacial score (nSPS) is 14.4. The minimum Gasteiger partial charge on any atom is -0.203 e. The number of aryl methyl sites for hydroxylation is 1. The van der Waals surface area contributed by atoms with Crippen LogP contribution in [0.2, 0.25) is 0 Å². The van der Waals surface area contributed by atoms with E-state index >= 15 is 0 Å². The monoisotopic (exact) mass is 556 g/mol. The van der Waals surface area contributed by atoms with Gasteiger partial charge in [-0.25, -0.2) is 22.0 Å². The summed E-state index contributed by atoms with van der Waals surface area (Å²) in [7, 11) is 0. The average molecular weight is 557 g/mol. The van der Waals surface area contributed by atoms with Gasteiger partial charge in [0.1, 0.15) is 0 Å². The molecule has 0 aliphatic heterocycles. The Bertz CT molecular complexity index is 1830. The van der Waals surface area contributed by atoms with Gasteiger partial charge in [-0.15, -0.1) is 10.2 Å². The summed E-state index contributed by atoms with van der Waals surface area (Å²) >= 11 is 0. The first-order valence-corrected chi connectivity index (χ1v) is 13.0. The molecular formula is C32H21F5N4. The van der Waals surface area contributed by atoms with Crippen LogP contribution in [0.3, 0.4) is 0 Å². The van der Waals surface area contributed by atoms with Crippen molar-refractivity contribution in [2.24, 2.45) is 0 Å². The van der Waals surface area contributed by atoms with Crippen LogP contribution in [-0.2, 0) is 6.42 Å². The molecule has 204 valence electrons. The van der Waals surface area contributed by atoms with Gasteiger partial charge >= 0.3 is 0 Å². The van der Waals surface area contributed by atoms with E-state index in [4.69, 9.17) is 0 Å². The van der Waals surface area contributed by atoms with Crippen LogP contribution >= 0.6 is 0 Å². The summed E-state index contributed by atoms with van der Waals surface area (Å²) in [5, 5.41) is 17.1. The highest BCUT2D eigenvalue weighted by Crippen LogP contribution is 2.45. The maximum atomic E-state index is 14.8. The highest BCUT2D eigenvalue weighted by atomic mass is 19.2. The molecule has 1 aromatic heterocycles. The van der Waals surface area contributed by atoms with Crippen LogP contribution in [0.1, 0.15) is 35.4 Å². The minimum atomic E-state index is -2.13. The number of benzene rings is 5. The Kier molecular flexibility index (Phi) is 7.09. The molecule has 0 radical (unpaired) electrons. The van der Waals surface area contributed by atoms with Crippen LogP contribution in [0, 0.1) is 29.1 Å². The molecule has 1 aliphatic carbocycles. The standard InChI is InChI=1S/C30H19F5.C2H2N4/c31-26-25(27(32)29(34)30(35)28(26)33)22-12-6-11-19-20(22)13-14-21-17-9-4-5-10-18(17)23(15-24(19)21)16-7-2-1-3-8-16;1-2-4-6-5-3-1/h1-5,7-10,13-15,22H,6,11-12H2;1-2H. The van der Waals surface area contributed by atoms with Crippen LogP contribution in [0.4, 0.5) is 22.0 Å². The second-order valence-corrected chi connectivity index (χ2v) is 9.70. The molecule has 9 heteroatoms. The molecule has 0 saturated carbocycles. The number of nitrogens with zero attached hydrogens (tertiary/aromatic N) is 4. The predicted molar refractivity (Wildman–Crippen MR) is 146 cm³/mol. The summed E-state index contributed by atoms with van der Waals surface area (Å²) in [5.41, 5.74) is 2.83. The summed E-state index contributed by atoms with van der Waals surface area (Å²) < 4.78 is 71.3. The zero-order chi connectivity index (χ0) is 28.5. The molecule has 1 atom stereocenters. The lowest BCUT2D eigenvalue weighted by Gasteiger charge is -2.28. The van der Waals surface area contributed by atoms with Gasteiger partial charge in [0.15, 0.2) is 23.3 Å². The second kappa shape index (κ2) is 11.0. The molecule has 5 aromatic carbocycles. The third-order valence-electron chi connectivity index (χ3n) is 7.50. The Hall–Kier alpha value is -4.79. The summed E-state index contributed by atoms with van der Waals surface area (Å²) in [6.07, 6.45) is 4.46. The lowest BCUT2D eigenvalue weighted by molar-refractivity contribution is 0.363. The van der Waals surface area contributed by atoms with E-state index in [1.165, 1.54) is 12.4 Å². The summed E-state index contributed by atoms with van der Waals surface area (Å²) in [6, 6.07) is 23.8. The van der Waals surface area contributed by atoms with Gasteiger partial charge in [0.05, 0.1) is 12.4 Å². The number of halogens is 5. The van der Waals surface area contributed by atoms with Gasteiger partial charge in [-0.3, -0.25) is 0 Å². The summed E-state index contributed by atoms with van der Waals surface area (Å²) in [4.78, 5) is 0. The maximum Gasteiger partial charge on any atom is 0.200 e. The third-order valence-corrected chi connectivity index (χ3v) is 7.50. The van der Waals surface area contributed by atoms with Crippen LogP contribution in [0.5, 0.6) is 0 Å². The van der Waals surface area contributed by atoms with Gasteiger partial charge < -0.3 is 0 Å². The number of rotatable bonds is 2. The molecule has 7 rings (SSSR count). The number of fused-ring (bicyclic) bond motifs is 5. The van der Waals surface area contributed by atoms with Crippen molar-refractivity contribution in [2.45, 2.75) is 25.2 Å². The lowest BCUT2D eigenvalue weighted by Crippen LogP contribution is -2.17. The third kappa shape index (κ3) is 4.67. The van der Waals surface area contributed by atoms with Crippen molar-refractivity contribution in [1.29, 1.82) is 0 Å². The van der Waals surface area contributed by atoms with Crippen LogP contribution in [0.15, 0.2) is 85.2 Å². The number of hydrogen-bond donors (Lipinski definition) is 0. The molecule has 1 aliphatic rings. The topological polar surface area (TPSA) is 51.6 Å². The van der Waals surface area contributed by atoms with Gasteiger partial charge in [-0.2, -0.15) is 0 Å². The summed E-state index contributed by atoms with van der Waals surface area (Å²) in [5.74, 6) is -10.3. The van der Waals surface area contributed by atoms with E-state index < -0.39 is 40.6 Å². The highest BCUT2D eigenvalue weighted by molar-refractivity contribution is 6.14. The molecule has 0 spiro atoms. The molecule has 1 unspecified atom stereocenters. The first kappa shape index (κ1) is 26.4. The van der Waals surface area contributed by atoms with Crippen molar-refractivity contribution in [3.05, 3.63) is 131 Å². The fourth-order valence-corrected chi connectivity index (χ4v) is 5.75. The van der Waals surface area contributed by atoms with E-state index in [0.717, 1.165) is 38.2 Å². The Morgan fingerprint density at radius 3 is 1.80 bits per heavy atom. The molecule has 0 saturated heterocycles. The molecule has 0 N–H and O–H groups in total. The number of aromatic nitrogens is 4. The zero-order valence-electron chi connectivity index (χ0n) is 21.5. The van der Waals surface area contributed by atoms with Crippen molar-refractivity contribution in [3.8, 4) is 11.1 Å². The molecule has 41 heavy (non-hydrogen) atoms. The zero-order valence-corrected chi connectivity index (χ0v) is 21.5. The quantitative estimate of drug-likeness (QED) is 0.0936. The van der Waals surface area contributed by atoms with Crippen molar-refractivity contribution >= 4 is 21.5 Å². The number of hydrogen-bond acceptors (Lipinski definition) is 4. The molecule has 0 amide bonds. The van der Waals surface area contributed by atoms with Crippen LogP contribution < -0.4 is 0 Å². The van der Waals surface area contributed by atoms with Crippen molar-refractivity contribution in [3.63, 3.8) is 0 Å². The smallest absolute Gasteiger partial charge is 0.200 e. The molecule has 0 bridgehead atoms. The molecule has 0 fully saturated rings. The van der Waals surface area contributed by atoms with E-state index in [1.807, 2.05) is 54.6 Å². The van der Waals surface area contributed by atoms with E-state index in [1.54, 1.807) is 6.07 Å². The lowest BCUT2D eigenvalue weighted by atomic mass is 9.76. The maximum absolute atomic E-state index is 14.8.